The zero-order chi connectivity index (χ0) is 14.5. The van der Waals surface area contributed by atoms with Gasteiger partial charge in [0.25, 0.3) is 0 Å². The first kappa shape index (κ1) is 14.5. The van der Waals surface area contributed by atoms with Gasteiger partial charge < -0.3 is 10.6 Å². The van der Waals surface area contributed by atoms with Gasteiger partial charge in [0, 0.05) is 18.1 Å². The first-order valence-corrected chi connectivity index (χ1v) is 6.95. The fourth-order valence-electron chi connectivity index (χ4n) is 1.74. The van der Waals surface area contributed by atoms with Crippen molar-refractivity contribution in [2.45, 2.75) is 20.0 Å². The highest BCUT2D eigenvalue weighted by molar-refractivity contribution is 9.10. The van der Waals surface area contributed by atoms with Gasteiger partial charge in [0.05, 0.1) is 6.54 Å². The van der Waals surface area contributed by atoms with Crippen LogP contribution in [-0.2, 0) is 20.1 Å². The van der Waals surface area contributed by atoms with Crippen molar-refractivity contribution in [2.24, 2.45) is 7.05 Å². The van der Waals surface area contributed by atoms with E-state index in [-0.39, 0.29) is 6.03 Å². The Morgan fingerprint density at radius 1 is 1.35 bits per heavy atom. The van der Waals surface area contributed by atoms with E-state index in [1.54, 1.807) is 11.7 Å². The molecule has 0 spiro atoms. The molecule has 0 aliphatic rings. The topological polar surface area (TPSA) is 71.8 Å². The molecule has 0 saturated heterocycles. The number of amides is 2. The molecular weight excluding hydrogens is 322 g/mol. The van der Waals surface area contributed by atoms with Gasteiger partial charge in [-0.3, -0.25) is 4.68 Å². The van der Waals surface area contributed by atoms with Crippen molar-refractivity contribution in [2.75, 3.05) is 0 Å². The number of urea groups is 1. The molecule has 6 nitrogen and oxygen atoms in total. The van der Waals surface area contributed by atoms with Crippen LogP contribution in [0, 0.1) is 6.92 Å². The lowest BCUT2D eigenvalue weighted by molar-refractivity contribution is 0.239. The van der Waals surface area contributed by atoms with Crippen molar-refractivity contribution >= 4 is 22.0 Å². The van der Waals surface area contributed by atoms with Crippen LogP contribution in [0.15, 0.2) is 29.0 Å². The van der Waals surface area contributed by atoms with Crippen molar-refractivity contribution < 1.29 is 4.79 Å². The minimum atomic E-state index is -0.227. The Kier molecular flexibility index (Phi) is 4.73. The van der Waals surface area contributed by atoms with Crippen LogP contribution in [0.4, 0.5) is 4.79 Å². The predicted octanol–water partition coefficient (Wildman–Crippen LogP) is 1.89. The van der Waals surface area contributed by atoms with Crippen LogP contribution in [0.2, 0.25) is 0 Å². The molecule has 1 aromatic carbocycles. The summed E-state index contributed by atoms with van der Waals surface area (Å²) < 4.78 is 2.66. The van der Waals surface area contributed by atoms with Gasteiger partial charge in [-0.05, 0) is 30.2 Å². The summed E-state index contributed by atoms with van der Waals surface area (Å²) in [6, 6.07) is 5.74. The van der Waals surface area contributed by atoms with E-state index in [4.69, 9.17) is 0 Å². The Hall–Kier alpha value is -1.89. The highest BCUT2D eigenvalue weighted by Gasteiger charge is 2.05. The molecule has 1 aromatic heterocycles. The van der Waals surface area contributed by atoms with Crippen LogP contribution < -0.4 is 10.6 Å². The van der Waals surface area contributed by atoms with Crippen LogP contribution in [0.3, 0.4) is 0 Å². The second-order valence-electron chi connectivity index (χ2n) is 4.41. The number of hydrogen-bond acceptors (Lipinski definition) is 3. The molecule has 2 amide bonds. The summed E-state index contributed by atoms with van der Waals surface area (Å²) in [5, 5.41) is 9.50. The van der Waals surface area contributed by atoms with Gasteiger partial charge in [0.15, 0.2) is 0 Å². The van der Waals surface area contributed by atoms with Gasteiger partial charge in [0.2, 0.25) is 0 Å². The van der Waals surface area contributed by atoms with Crippen molar-refractivity contribution in [3.05, 3.63) is 46.0 Å². The van der Waals surface area contributed by atoms with Gasteiger partial charge in [0.1, 0.15) is 12.2 Å². The molecule has 0 bridgehead atoms. The third-order valence-corrected chi connectivity index (χ3v) is 3.45. The molecule has 1 heterocycles. The highest BCUT2D eigenvalue weighted by Crippen LogP contribution is 2.15. The lowest BCUT2D eigenvalue weighted by atomic mass is 10.1. The molecule has 2 N–H and O–H groups in total. The summed E-state index contributed by atoms with van der Waals surface area (Å²) in [6.07, 6.45) is 1.46. The number of carbonyl (C=O) groups is 1. The quantitative estimate of drug-likeness (QED) is 0.894. The number of nitrogens with zero attached hydrogens (tertiary/aromatic N) is 3. The molecule has 0 aliphatic heterocycles. The molecule has 0 aliphatic carbocycles. The second-order valence-corrected chi connectivity index (χ2v) is 5.32. The van der Waals surface area contributed by atoms with Gasteiger partial charge >= 0.3 is 6.03 Å². The number of aryl methyl sites for hydroxylation is 2. The molecule has 0 saturated carbocycles. The Bertz CT molecular complexity index is 611. The van der Waals surface area contributed by atoms with E-state index < -0.39 is 0 Å². The molecule has 7 heteroatoms. The maximum absolute atomic E-state index is 11.7. The van der Waals surface area contributed by atoms with Crippen LogP contribution in [0.1, 0.15) is 17.0 Å². The maximum Gasteiger partial charge on any atom is 0.315 e. The first-order chi connectivity index (χ1) is 9.56. The van der Waals surface area contributed by atoms with Crippen LogP contribution in [0.5, 0.6) is 0 Å². The zero-order valence-corrected chi connectivity index (χ0v) is 12.9. The predicted molar refractivity (Wildman–Crippen MR) is 79.0 cm³/mol. The molecule has 2 rings (SSSR count). The van der Waals surface area contributed by atoms with E-state index in [2.05, 4.69) is 36.6 Å². The summed E-state index contributed by atoms with van der Waals surface area (Å²) in [5.41, 5.74) is 2.22. The standard InChI is InChI=1S/C13H16BrN5O/c1-9-5-11(14)4-3-10(9)6-15-13(20)16-7-12-17-8-18-19(12)2/h3-5,8H,6-7H2,1-2H3,(H2,15,16,20). The largest absolute Gasteiger partial charge is 0.334 e. The number of halogens is 1. The van der Waals surface area contributed by atoms with E-state index in [0.717, 1.165) is 15.6 Å². The monoisotopic (exact) mass is 337 g/mol. The van der Waals surface area contributed by atoms with E-state index >= 15 is 0 Å². The van der Waals surface area contributed by atoms with Crippen molar-refractivity contribution in [1.29, 1.82) is 0 Å². The number of nitrogens with one attached hydrogen (secondary N) is 2. The molecule has 0 atom stereocenters. The smallest absolute Gasteiger partial charge is 0.315 e. The summed E-state index contributed by atoms with van der Waals surface area (Å²) in [7, 11) is 1.78. The Morgan fingerprint density at radius 3 is 2.75 bits per heavy atom. The first-order valence-electron chi connectivity index (χ1n) is 6.16. The van der Waals surface area contributed by atoms with E-state index in [9.17, 15) is 4.79 Å². The van der Waals surface area contributed by atoms with E-state index in [1.165, 1.54) is 6.33 Å². The van der Waals surface area contributed by atoms with Crippen molar-refractivity contribution in [1.82, 2.24) is 25.4 Å². The Labute approximate surface area is 125 Å². The average Bonchev–Trinajstić information content (AvgIpc) is 2.81. The minimum Gasteiger partial charge on any atom is -0.334 e. The maximum atomic E-state index is 11.7. The molecule has 0 radical (unpaired) electrons. The SMILES string of the molecule is Cc1cc(Br)ccc1CNC(=O)NCc1ncnn1C. The fraction of sp³-hybridized carbons (Fsp3) is 0.308. The lowest BCUT2D eigenvalue weighted by Gasteiger charge is -2.09. The van der Waals surface area contributed by atoms with Crippen LogP contribution >= 0.6 is 15.9 Å². The molecule has 106 valence electrons. The highest BCUT2D eigenvalue weighted by atomic mass is 79.9. The Balaban J connectivity index is 1.82. The zero-order valence-electron chi connectivity index (χ0n) is 11.4. The third kappa shape index (κ3) is 3.80. The summed E-state index contributed by atoms with van der Waals surface area (Å²) >= 11 is 3.42. The molecule has 20 heavy (non-hydrogen) atoms. The molecule has 0 fully saturated rings. The minimum absolute atomic E-state index is 0.227. The van der Waals surface area contributed by atoms with Crippen molar-refractivity contribution in [3.8, 4) is 0 Å². The number of hydrogen-bond donors (Lipinski definition) is 2. The third-order valence-electron chi connectivity index (χ3n) is 2.96. The Morgan fingerprint density at radius 2 is 2.10 bits per heavy atom. The van der Waals surface area contributed by atoms with Gasteiger partial charge in [-0.2, -0.15) is 5.10 Å². The normalized spacial score (nSPS) is 10.3. The molecule has 2 aromatic rings. The number of carbonyl (C=O) groups excluding carboxylic acids is 1. The van der Waals surface area contributed by atoms with Gasteiger partial charge in [-0.1, -0.05) is 22.0 Å². The fourth-order valence-corrected chi connectivity index (χ4v) is 2.21. The number of aromatic nitrogens is 3. The number of benzene rings is 1. The van der Waals surface area contributed by atoms with Crippen LogP contribution in [0.25, 0.3) is 0 Å². The molecular formula is C13H16BrN5O. The van der Waals surface area contributed by atoms with Gasteiger partial charge in [-0.15, -0.1) is 0 Å². The van der Waals surface area contributed by atoms with Crippen molar-refractivity contribution in [3.63, 3.8) is 0 Å². The van der Waals surface area contributed by atoms with E-state index in [1.807, 2.05) is 25.1 Å². The number of rotatable bonds is 4. The van der Waals surface area contributed by atoms with Gasteiger partial charge in [-0.25, -0.2) is 9.78 Å². The second kappa shape index (κ2) is 6.51. The average molecular weight is 338 g/mol. The summed E-state index contributed by atoms with van der Waals surface area (Å²) in [6.45, 7) is 2.85. The molecule has 0 unspecified atom stereocenters. The van der Waals surface area contributed by atoms with E-state index in [0.29, 0.717) is 18.9 Å². The summed E-state index contributed by atoms with van der Waals surface area (Å²) in [4.78, 5) is 15.7. The van der Waals surface area contributed by atoms with Crippen LogP contribution in [-0.4, -0.2) is 20.8 Å². The lowest BCUT2D eigenvalue weighted by Crippen LogP contribution is -2.35. The summed E-state index contributed by atoms with van der Waals surface area (Å²) in [5.74, 6) is 0.708.